The monoisotopic (exact) mass is 640 g/mol. The van der Waals surface area contributed by atoms with Crippen LogP contribution in [0.5, 0.6) is 0 Å². The van der Waals surface area contributed by atoms with Gasteiger partial charge in [0.2, 0.25) is 0 Å². The van der Waals surface area contributed by atoms with E-state index in [1.807, 2.05) is 73.7 Å². The van der Waals surface area contributed by atoms with Gasteiger partial charge in [-0.1, -0.05) is 86.5 Å². The normalized spacial score (nSPS) is 12.2. The van der Waals surface area contributed by atoms with Crippen LogP contribution in [-0.4, -0.2) is 10.7 Å². The first-order valence-electron chi connectivity index (χ1n) is 12.0. The van der Waals surface area contributed by atoms with E-state index in [4.69, 9.17) is 0 Å². The average molecular weight is 642 g/mol. The summed E-state index contributed by atoms with van der Waals surface area (Å²) >= 11 is 6.89. The number of nitriles is 1. The smallest absolute Gasteiger partial charge is 0.269 e. The number of hydrogen-bond acceptors (Lipinski definition) is 4. The van der Waals surface area contributed by atoms with Gasteiger partial charge in [-0.2, -0.15) is 5.26 Å². The van der Waals surface area contributed by atoms with Crippen LogP contribution >= 0.6 is 31.9 Å². The highest BCUT2D eigenvalue weighted by Gasteiger charge is 2.21. The van der Waals surface area contributed by atoms with E-state index in [-0.39, 0.29) is 17.9 Å². The zero-order valence-electron chi connectivity index (χ0n) is 20.9. The number of rotatable bonds is 8. The maximum Gasteiger partial charge on any atom is 0.269 e. The summed E-state index contributed by atoms with van der Waals surface area (Å²) in [5.74, 6) is -0.0512. The van der Waals surface area contributed by atoms with Crippen molar-refractivity contribution in [3.8, 4) is 6.07 Å². The minimum Gasteiger partial charge on any atom is -0.294 e. The largest absolute Gasteiger partial charge is 0.294 e. The molecule has 7 heteroatoms. The first-order valence-corrected chi connectivity index (χ1v) is 13.6. The van der Waals surface area contributed by atoms with Crippen molar-refractivity contribution in [1.82, 2.24) is 0 Å². The number of allylic oxidation sites excluding steroid dienone is 4. The van der Waals surface area contributed by atoms with Crippen molar-refractivity contribution in [2.45, 2.75) is 13.3 Å². The highest BCUT2D eigenvalue weighted by Crippen LogP contribution is 2.38. The Morgan fingerprint density at radius 3 is 1.79 bits per heavy atom. The fourth-order valence-corrected chi connectivity index (χ4v) is 4.85. The number of nitro benzene ring substituents is 1. The summed E-state index contributed by atoms with van der Waals surface area (Å²) < 4.78 is 1.77. The van der Waals surface area contributed by atoms with Gasteiger partial charge in [0.05, 0.1) is 10.5 Å². The first kappa shape index (κ1) is 27.9. The standard InChI is InChI=1S/C32H22Br2N2O3/c1-21(29(22-5-3-2-4-6-22)19-31(37)24-7-13-26(33)14-8-24)32(25-9-15-27(34)16-10-25)30(20-35)23-11-17-28(18-12-23)36(38)39/h2-18H,19H2,1H3/b29-21+,32-30+. The molecule has 0 N–H and O–H groups in total. The van der Waals surface area contributed by atoms with Gasteiger partial charge in [0, 0.05) is 38.6 Å². The molecule has 0 bridgehead atoms. The van der Waals surface area contributed by atoms with Crippen LogP contribution in [0.25, 0.3) is 16.7 Å². The van der Waals surface area contributed by atoms with Crippen LogP contribution in [0.15, 0.2) is 118 Å². The molecule has 0 aliphatic rings. The lowest BCUT2D eigenvalue weighted by molar-refractivity contribution is -0.384. The summed E-state index contributed by atoms with van der Waals surface area (Å²) in [6.07, 6.45) is 0.122. The predicted octanol–water partition coefficient (Wildman–Crippen LogP) is 9.30. The lowest BCUT2D eigenvalue weighted by atomic mass is 9.84. The van der Waals surface area contributed by atoms with Crippen molar-refractivity contribution in [1.29, 1.82) is 5.26 Å². The molecule has 0 spiro atoms. The number of carbonyl (C=O) groups excluding carboxylic acids is 1. The van der Waals surface area contributed by atoms with E-state index in [0.29, 0.717) is 22.3 Å². The minimum absolute atomic E-state index is 0.0512. The molecule has 4 aromatic rings. The van der Waals surface area contributed by atoms with Gasteiger partial charge in [-0.25, -0.2) is 0 Å². The Kier molecular flexibility index (Phi) is 9.03. The molecule has 0 aliphatic heterocycles. The van der Waals surface area contributed by atoms with Gasteiger partial charge in [-0.3, -0.25) is 14.9 Å². The molecule has 0 fully saturated rings. The molecule has 0 saturated carbocycles. The molecule has 4 rings (SSSR count). The molecule has 0 atom stereocenters. The first-order chi connectivity index (χ1) is 18.8. The molecule has 0 radical (unpaired) electrons. The van der Waals surface area contributed by atoms with Crippen molar-refractivity contribution in [2.75, 3.05) is 0 Å². The van der Waals surface area contributed by atoms with Gasteiger partial charge in [0.1, 0.15) is 6.07 Å². The summed E-state index contributed by atoms with van der Waals surface area (Å²) in [5, 5.41) is 21.6. The van der Waals surface area contributed by atoms with Crippen LogP contribution in [0.2, 0.25) is 0 Å². The van der Waals surface area contributed by atoms with Gasteiger partial charge >= 0.3 is 0 Å². The number of ketones is 1. The van der Waals surface area contributed by atoms with Crippen molar-refractivity contribution >= 4 is 60.0 Å². The Balaban J connectivity index is 1.97. The van der Waals surface area contributed by atoms with E-state index in [1.165, 1.54) is 12.1 Å². The summed E-state index contributed by atoms with van der Waals surface area (Å²) in [5.41, 5.74) is 5.30. The molecule has 0 amide bonds. The Morgan fingerprint density at radius 2 is 1.28 bits per heavy atom. The Morgan fingerprint density at radius 1 is 0.769 bits per heavy atom. The average Bonchev–Trinajstić information content (AvgIpc) is 2.95. The molecule has 0 heterocycles. The van der Waals surface area contributed by atoms with Crippen LogP contribution in [0.4, 0.5) is 5.69 Å². The van der Waals surface area contributed by atoms with Crippen LogP contribution in [0, 0.1) is 21.4 Å². The van der Waals surface area contributed by atoms with Gasteiger partial charge in [0.15, 0.2) is 5.78 Å². The van der Waals surface area contributed by atoms with Crippen molar-refractivity contribution < 1.29 is 9.72 Å². The van der Waals surface area contributed by atoms with E-state index >= 15 is 0 Å². The maximum atomic E-state index is 13.5. The third-order valence-corrected chi connectivity index (χ3v) is 7.37. The van der Waals surface area contributed by atoms with Gasteiger partial charge in [-0.05, 0) is 71.2 Å². The summed E-state index contributed by atoms with van der Waals surface area (Å²) in [4.78, 5) is 24.2. The molecular formula is C32H22Br2N2O3. The second-order valence-electron chi connectivity index (χ2n) is 8.75. The molecule has 39 heavy (non-hydrogen) atoms. The predicted molar refractivity (Wildman–Crippen MR) is 162 cm³/mol. The molecule has 4 aromatic carbocycles. The number of hydrogen-bond donors (Lipinski definition) is 0. The summed E-state index contributed by atoms with van der Waals surface area (Å²) in [6, 6.07) is 32.8. The van der Waals surface area contributed by atoms with Gasteiger partial charge < -0.3 is 0 Å². The number of nitrogens with zero attached hydrogens (tertiary/aromatic N) is 2. The molecule has 192 valence electrons. The highest BCUT2D eigenvalue weighted by molar-refractivity contribution is 9.10. The Labute approximate surface area is 243 Å². The number of Topliss-reactive ketones (excluding diaryl/α,β-unsaturated/α-hetero) is 1. The van der Waals surface area contributed by atoms with Crippen molar-refractivity contribution in [3.05, 3.63) is 150 Å². The topological polar surface area (TPSA) is 84.0 Å². The number of carbonyl (C=O) groups is 1. The quantitative estimate of drug-likeness (QED) is 0.0479. The van der Waals surface area contributed by atoms with Crippen LogP contribution in [-0.2, 0) is 0 Å². The molecule has 0 saturated heterocycles. The van der Waals surface area contributed by atoms with Crippen LogP contribution in [0.1, 0.15) is 40.4 Å². The Bertz CT molecular complexity index is 1620. The summed E-state index contributed by atoms with van der Waals surface area (Å²) in [6.45, 7) is 1.91. The fourth-order valence-electron chi connectivity index (χ4n) is 4.32. The molecular weight excluding hydrogens is 620 g/mol. The number of non-ortho nitro benzene ring substituents is 1. The van der Waals surface area contributed by atoms with E-state index < -0.39 is 4.92 Å². The minimum atomic E-state index is -0.471. The zero-order chi connectivity index (χ0) is 27.9. The highest BCUT2D eigenvalue weighted by atomic mass is 79.9. The fraction of sp³-hybridized carbons (Fsp3) is 0.0625. The number of benzene rings is 4. The van der Waals surface area contributed by atoms with E-state index in [0.717, 1.165) is 31.2 Å². The third kappa shape index (κ3) is 6.66. The van der Waals surface area contributed by atoms with Crippen molar-refractivity contribution in [3.63, 3.8) is 0 Å². The van der Waals surface area contributed by atoms with Gasteiger partial charge in [0.25, 0.3) is 5.69 Å². The summed E-state index contributed by atoms with van der Waals surface area (Å²) in [7, 11) is 0. The van der Waals surface area contributed by atoms with Crippen molar-refractivity contribution in [2.24, 2.45) is 0 Å². The second kappa shape index (κ2) is 12.6. The van der Waals surface area contributed by atoms with E-state index in [2.05, 4.69) is 37.9 Å². The zero-order valence-corrected chi connectivity index (χ0v) is 24.1. The third-order valence-electron chi connectivity index (χ3n) is 6.31. The molecule has 0 aliphatic carbocycles. The van der Waals surface area contributed by atoms with E-state index in [1.54, 1.807) is 24.3 Å². The number of halogens is 2. The molecule has 5 nitrogen and oxygen atoms in total. The van der Waals surface area contributed by atoms with Crippen LogP contribution < -0.4 is 0 Å². The molecule has 0 unspecified atom stereocenters. The Hall–Kier alpha value is -4.12. The van der Waals surface area contributed by atoms with Gasteiger partial charge in [-0.15, -0.1) is 0 Å². The lowest BCUT2D eigenvalue weighted by Crippen LogP contribution is -2.04. The van der Waals surface area contributed by atoms with E-state index in [9.17, 15) is 20.2 Å². The maximum absolute atomic E-state index is 13.5. The SMILES string of the molecule is CC(=C(/CC(=O)c1ccc(Br)cc1)c1ccccc1)/C(=C(/C#N)c1ccc([N+](=O)[O-])cc1)c1ccc(Br)cc1. The lowest BCUT2D eigenvalue weighted by Gasteiger charge is -2.18. The second-order valence-corrected chi connectivity index (χ2v) is 10.6. The number of nitro groups is 1. The van der Waals surface area contributed by atoms with Crippen LogP contribution in [0.3, 0.4) is 0 Å². The molecule has 0 aromatic heterocycles.